The van der Waals surface area contributed by atoms with E-state index in [1.807, 2.05) is 87.3 Å². The van der Waals surface area contributed by atoms with Gasteiger partial charge >= 0.3 is 36.3 Å². The molecule has 9 N–H and O–H groups in total. The number of alkyl halides is 2. The van der Waals surface area contributed by atoms with Gasteiger partial charge in [-0.15, -0.1) is 91.2 Å². The molecule has 0 saturated carbocycles. The molecule has 30 nitrogen and oxygen atoms in total. The van der Waals surface area contributed by atoms with E-state index in [-0.39, 0.29) is 71.4 Å². The number of azide groups is 1. The van der Waals surface area contributed by atoms with Gasteiger partial charge in [0.1, 0.15) is 71.2 Å². The third-order valence-electron chi connectivity index (χ3n) is 19.2. The minimum atomic E-state index is -0.539. The zero-order valence-corrected chi connectivity index (χ0v) is 84.2. The highest BCUT2D eigenvalue weighted by atomic mass is 79.9. The van der Waals surface area contributed by atoms with E-state index < -0.39 is 53.0 Å². The predicted molar refractivity (Wildman–Crippen MR) is 546 cm³/mol. The van der Waals surface area contributed by atoms with E-state index in [1.165, 1.54) is 136 Å². The zero-order valence-electron chi connectivity index (χ0n) is 75.4. The number of benzene rings is 6. The lowest BCUT2D eigenvalue weighted by Crippen LogP contribution is -2.52. The van der Waals surface area contributed by atoms with Crippen LogP contribution in [0.5, 0.6) is 0 Å². The van der Waals surface area contributed by atoms with Crippen molar-refractivity contribution in [1.29, 1.82) is 0 Å². The molecule has 17 rings (SSSR count). The van der Waals surface area contributed by atoms with Crippen LogP contribution < -0.4 is 52.8 Å². The van der Waals surface area contributed by atoms with Gasteiger partial charge in [0.2, 0.25) is 17.1 Å². The molecule has 14 aromatic rings. The van der Waals surface area contributed by atoms with E-state index >= 15 is 0 Å². The topological polar surface area (TPSA) is 385 Å². The van der Waals surface area contributed by atoms with Gasteiger partial charge in [-0.05, 0) is 163 Å². The molecule has 3 fully saturated rings. The lowest BCUT2D eigenvalue weighted by Gasteiger charge is -2.33. The van der Waals surface area contributed by atoms with Crippen LogP contribution in [-0.4, -0.2) is 190 Å². The molecular weight excluding hydrogens is 2040 g/mol. The molecule has 0 atom stereocenters. The second-order valence-electron chi connectivity index (χ2n) is 31.4. The number of urea groups is 3. The summed E-state index contributed by atoms with van der Waals surface area (Å²) in [6.07, 6.45) is 13.0. The maximum Gasteiger partial charge on any atom is 0.407 e. The number of aromatic nitrogens is 4. The number of amides is 10. The van der Waals surface area contributed by atoms with E-state index in [1.54, 1.807) is 89.0 Å². The van der Waals surface area contributed by atoms with Crippen molar-refractivity contribution in [1.82, 2.24) is 44.9 Å². The summed E-state index contributed by atoms with van der Waals surface area (Å²) < 4.78 is 98.6. The lowest BCUT2D eigenvalue weighted by atomic mass is 10.2. The molecule has 0 spiro atoms. The number of nitrogens with two attached hydrogens (primary N) is 2. The van der Waals surface area contributed by atoms with E-state index in [0.717, 1.165) is 89.8 Å². The Kier molecular flexibility index (Phi) is 43.5. The fourth-order valence-electron chi connectivity index (χ4n) is 13.1. The van der Waals surface area contributed by atoms with Crippen molar-refractivity contribution in [3.8, 4) is 0 Å². The number of hydrogen-bond acceptors (Lipinski definition) is 24. The molecule has 46 heteroatoms. The van der Waals surface area contributed by atoms with Crippen LogP contribution in [0.3, 0.4) is 0 Å². The van der Waals surface area contributed by atoms with Crippen molar-refractivity contribution in [2.24, 2.45) is 16.6 Å². The van der Waals surface area contributed by atoms with Gasteiger partial charge in [-0.2, -0.15) is 0 Å². The molecule has 10 amide bonds. The number of hydrogen-bond donors (Lipinski definition) is 7. The average Bonchev–Trinajstić information content (AvgIpc) is 1.51. The normalized spacial score (nSPS) is 12.9. The third-order valence-corrected chi connectivity index (χ3v) is 26.9. The number of rotatable bonds is 19. The van der Waals surface area contributed by atoms with Crippen LogP contribution in [0, 0.1) is 34.9 Å². The number of nitrogens with one attached hydrogen (secondary N) is 5. The second-order valence-corrected chi connectivity index (χ2v) is 38.5. The second kappa shape index (κ2) is 54.6. The summed E-state index contributed by atoms with van der Waals surface area (Å²) in [5, 5.41) is 33.3. The van der Waals surface area contributed by atoms with Gasteiger partial charge in [0, 0.05) is 164 Å². The smallest absolute Gasteiger partial charge is 0.407 e. The van der Waals surface area contributed by atoms with Crippen LogP contribution in [0.2, 0.25) is 0 Å². The van der Waals surface area contributed by atoms with Crippen molar-refractivity contribution in [2.45, 2.75) is 91.3 Å². The van der Waals surface area contributed by atoms with Crippen molar-refractivity contribution in [3.05, 3.63) is 229 Å². The summed E-state index contributed by atoms with van der Waals surface area (Å²) in [6.45, 7) is 17.5. The number of ether oxygens (including phenoxy) is 2. The summed E-state index contributed by atoms with van der Waals surface area (Å²) in [6, 6.07) is 28.6. The number of thiophene rings is 6. The van der Waals surface area contributed by atoms with Crippen LogP contribution >= 0.6 is 119 Å². The number of halogens is 10. The van der Waals surface area contributed by atoms with Gasteiger partial charge in [0.15, 0.2) is 0 Å². The quantitative estimate of drug-likeness (QED) is 0.00752. The van der Waals surface area contributed by atoms with Gasteiger partial charge in [0.25, 0.3) is 0 Å². The predicted octanol–water partition coefficient (Wildman–Crippen LogP) is 23.3. The molecule has 0 unspecified atom stereocenters. The van der Waals surface area contributed by atoms with E-state index in [0.29, 0.717) is 124 Å². The maximum absolute atomic E-state index is 13.8. The zero-order chi connectivity index (χ0) is 100. The lowest BCUT2D eigenvalue weighted by molar-refractivity contribution is -0.127. The van der Waals surface area contributed by atoms with Crippen LogP contribution in [-0.2, 0) is 23.9 Å². The van der Waals surface area contributed by atoms with Crippen molar-refractivity contribution in [2.75, 3.05) is 122 Å². The number of carbonyl (C=O) groups excluding carboxylic acids is 9. The first-order valence-electron chi connectivity index (χ1n) is 42.6. The molecule has 3 saturated heterocycles. The summed E-state index contributed by atoms with van der Waals surface area (Å²) in [4.78, 5) is 121. The summed E-state index contributed by atoms with van der Waals surface area (Å²) in [7, 11) is 0. The minimum absolute atomic E-state index is 0.0957. The Morgan fingerprint density at radius 1 is 0.493 bits per heavy atom. The van der Waals surface area contributed by atoms with Crippen molar-refractivity contribution < 1.29 is 79.0 Å². The Hall–Kier alpha value is -11.7. The molecule has 0 radical (unpaired) electrons. The van der Waals surface area contributed by atoms with E-state index in [4.69, 9.17) is 61.3 Å². The molecule has 6 aromatic carbocycles. The van der Waals surface area contributed by atoms with Crippen molar-refractivity contribution >= 4 is 261 Å². The first-order valence-corrected chi connectivity index (χ1v) is 50.2. The first kappa shape index (κ1) is 110. The summed E-state index contributed by atoms with van der Waals surface area (Å²) in [5.74, 6) is -2.61. The highest BCUT2D eigenvalue weighted by molar-refractivity contribution is 9.10. The minimum Gasteiger partial charge on any atom is -0.444 e. The summed E-state index contributed by atoms with van der Waals surface area (Å²) in [5.41, 5.74) is 22.0. The number of fused-ring (bicyclic) bond motifs is 6. The van der Waals surface area contributed by atoms with Crippen LogP contribution in [0.15, 0.2) is 189 Å². The standard InChI is InChI=1S/C16H21FN2O2S.C14H12ClFN2O2S.C14H12FN5O2S.C12H11FN2OS.C11H13FN2S.C8H4BrFS.C8H18N2O2.C7H6N4O.C2H2Cl2O/c1-16(2,3)21-15(20)19-9-5-8-18-13-10-22-14-11(13)6-4-7-12(14)17;15-7-12(19)18-6-2-5-17(14(18)20)11-8-21-13-9(11)3-1-4-10(13)16;15-10-4-1-3-9-11(8-23-13(9)10)19-5-2-6-20(14(19)22)12(21)7-17-18-16;13-9-4-1-3-8-10(7-17-11(8)9)15-6-2-5-14-12(15)16;12-9-4-1-3-8-10(7-15-11(8)9)14-6-2-5-13;9-6-4-11-8-5(6)2-1-3-7(8)10;1-8(2,3)12-7(11)10-6-4-5-9;12-7(10-3-1-8-5-10)11-4-2-9-6-11;3-1-2(4)5/h4,6-7,10,18H,5,8-9H2,1-3H3,(H,19,20);1,3-4,8H,2,5-7H2;1,3-4,8H,2,5-7H2;1,3-4,7H,2,5-6H2,(H,14,16);1,3-4,7,14H,2,5-6,13H2;1-4H;4-6,9H2,1-3H3,(H,10,11);1-6H;1H2. The van der Waals surface area contributed by atoms with Gasteiger partial charge in [-0.25, -0.2) is 65.1 Å². The molecule has 0 bridgehead atoms. The maximum atomic E-state index is 13.8. The Balaban J connectivity index is 0.000000177. The Bertz CT molecular complexity index is 6460. The molecule has 734 valence electrons. The molecular formula is C92H99BrCl3F6N19O11S6. The average molecular weight is 2140 g/mol. The number of carbonyl (C=O) groups is 9. The van der Waals surface area contributed by atoms with Gasteiger partial charge in [-0.1, -0.05) is 77.9 Å². The Morgan fingerprint density at radius 2 is 0.848 bits per heavy atom. The highest BCUT2D eigenvalue weighted by Crippen LogP contribution is 2.41. The third kappa shape index (κ3) is 31.9. The number of anilines is 5. The van der Waals surface area contributed by atoms with Gasteiger partial charge < -0.3 is 47.5 Å². The van der Waals surface area contributed by atoms with E-state index in [9.17, 15) is 69.5 Å². The van der Waals surface area contributed by atoms with Crippen molar-refractivity contribution in [3.63, 3.8) is 0 Å². The molecule has 11 heterocycles. The fourth-order valence-corrected chi connectivity index (χ4v) is 19.5. The fraction of sp³-hybridized carbons (Fsp3) is 0.315. The van der Waals surface area contributed by atoms with Crippen LogP contribution in [0.25, 0.3) is 71.0 Å². The monoisotopic (exact) mass is 2140 g/mol. The van der Waals surface area contributed by atoms with Crippen LogP contribution in [0.1, 0.15) is 80.1 Å². The van der Waals surface area contributed by atoms with Crippen LogP contribution in [0.4, 0.5) is 83.5 Å². The SMILES string of the molecule is CC(C)(C)OC(=O)NCCCN.CC(C)(C)OC(=O)NCCCNc1csc2c(F)cccc12.Fc1cccc2c(Br)csc12.NCCCNc1csc2c(F)cccc12.O=C(CCl)N1CCCN(c2csc3c(F)cccc23)C1=O.O=C(Cl)CCl.O=C(n1ccnc1)n1ccnc1.O=C1NCCCN1c1csc2c(F)cccc12.[N-]=[N+]=NCC(=O)N1CCCN(c2csc3c(F)cccc23)C1=O. The number of imidazole rings is 2. The molecule has 138 heavy (non-hydrogen) atoms. The molecule has 0 aliphatic carbocycles. The molecule has 3 aliphatic rings. The Morgan fingerprint density at radius 3 is 1.22 bits per heavy atom. The highest BCUT2D eigenvalue weighted by Gasteiger charge is 2.35. The van der Waals surface area contributed by atoms with E-state index in [2.05, 4.69) is 62.5 Å². The van der Waals surface area contributed by atoms with Gasteiger partial charge in [-0.3, -0.25) is 48.0 Å². The Labute approximate surface area is 837 Å². The molecule has 8 aromatic heterocycles. The number of alkyl carbamates (subject to hydrolysis) is 2. The largest absolute Gasteiger partial charge is 0.444 e. The van der Waals surface area contributed by atoms with Gasteiger partial charge in [0.05, 0.1) is 62.5 Å². The first-order chi connectivity index (χ1) is 66.1. The number of nitrogens with zero attached hydrogens (tertiary/aromatic N) is 12. The number of imide groups is 2. The molecule has 3 aliphatic heterocycles. The summed E-state index contributed by atoms with van der Waals surface area (Å²) >= 11 is 26.5.